The van der Waals surface area contributed by atoms with Crippen LogP contribution in [0.2, 0.25) is 5.02 Å². The van der Waals surface area contributed by atoms with Crippen LogP contribution in [0.5, 0.6) is 0 Å². The third-order valence-corrected chi connectivity index (χ3v) is 3.69. The Morgan fingerprint density at radius 3 is 2.64 bits per heavy atom. The van der Waals surface area contributed by atoms with E-state index in [-0.39, 0.29) is 0 Å². The van der Waals surface area contributed by atoms with Crippen molar-refractivity contribution in [3.05, 3.63) is 53.1 Å². The topological polar surface area (TPSA) is 43.8 Å². The molecule has 0 amide bonds. The maximum absolute atomic E-state index is 13.6. The van der Waals surface area contributed by atoms with E-state index in [2.05, 4.69) is 4.98 Å². The predicted octanol–water partition coefficient (Wildman–Crippen LogP) is 3.98. The van der Waals surface area contributed by atoms with Gasteiger partial charge in [-0.05, 0) is 25.1 Å². The van der Waals surface area contributed by atoms with Gasteiger partial charge >= 0.3 is 0 Å². The van der Waals surface area contributed by atoms with E-state index in [9.17, 15) is 8.78 Å². The number of nitrogens with zero attached hydrogens (tertiary/aromatic N) is 2. The first kappa shape index (κ1) is 14.9. The Balaban J connectivity index is 2.23. The van der Waals surface area contributed by atoms with E-state index in [0.29, 0.717) is 41.4 Å². The lowest BCUT2D eigenvalue weighted by molar-refractivity contribution is 0.510. The minimum atomic E-state index is -0.909. The summed E-state index contributed by atoms with van der Waals surface area (Å²) in [5.41, 5.74) is 7.31. The molecule has 114 valence electrons. The zero-order chi connectivity index (χ0) is 15.7. The Hall–Kier alpha value is -1.98. The molecule has 1 heterocycles. The number of imidazole rings is 1. The minimum Gasteiger partial charge on any atom is -0.330 e. The number of fused-ring (bicyclic) bond motifs is 1. The highest BCUT2D eigenvalue weighted by molar-refractivity contribution is 6.30. The van der Waals surface area contributed by atoms with Gasteiger partial charge in [0.05, 0.1) is 11.0 Å². The highest BCUT2D eigenvalue weighted by atomic mass is 35.5. The van der Waals surface area contributed by atoms with E-state index >= 15 is 0 Å². The summed E-state index contributed by atoms with van der Waals surface area (Å²) in [5.74, 6) is -1.18. The molecule has 0 bridgehead atoms. The Morgan fingerprint density at radius 1 is 1.14 bits per heavy atom. The zero-order valence-electron chi connectivity index (χ0n) is 11.7. The molecule has 2 N–H and O–H groups in total. The molecule has 6 heteroatoms. The smallest absolute Gasteiger partial charge is 0.161 e. The summed E-state index contributed by atoms with van der Waals surface area (Å²) in [6, 6.07) is 9.48. The molecule has 1 aromatic heterocycles. The second-order valence-electron chi connectivity index (χ2n) is 4.99. The molecule has 2 aromatic carbocycles. The van der Waals surface area contributed by atoms with Crippen molar-refractivity contribution in [1.29, 1.82) is 0 Å². The van der Waals surface area contributed by atoms with E-state index in [0.717, 1.165) is 11.6 Å². The van der Waals surface area contributed by atoms with E-state index < -0.39 is 11.6 Å². The van der Waals surface area contributed by atoms with Gasteiger partial charge in [0.15, 0.2) is 11.6 Å². The van der Waals surface area contributed by atoms with Crippen molar-refractivity contribution >= 4 is 22.6 Å². The molecule has 0 saturated carbocycles. The summed E-state index contributed by atoms with van der Waals surface area (Å²) in [6.45, 7) is 1.07. The summed E-state index contributed by atoms with van der Waals surface area (Å²) in [7, 11) is 0. The van der Waals surface area contributed by atoms with Gasteiger partial charge in [-0.2, -0.15) is 0 Å². The molecule has 0 unspecified atom stereocenters. The van der Waals surface area contributed by atoms with E-state index in [4.69, 9.17) is 17.3 Å². The van der Waals surface area contributed by atoms with E-state index in [1.807, 2.05) is 16.7 Å². The van der Waals surface area contributed by atoms with Crippen molar-refractivity contribution in [3.63, 3.8) is 0 Å². The Kier molecular flexibility index (Phi) is 4.09. The Bertz CT molecular complexity index is 830. The lowest BCUT2D eigenvalue weighted by Crippen LogP contribution is -2.07. The van der Waals surface area contributed by atoms with Gasteiger partial charge in [-0.1, -0.05) is 23.7 Å². The number of rotatable bonds is 4. The quantitative estimate of drug-likeness (QED) is 0.789. The maximum Gasteiger partial charge on any atom is 0.161 e. The van der Waals surface area contributed by atoms with Crippen LogP contribution in [0, 0.1) is 11.6 Å². The average Bonchev–Trinajstić information content (AvgIpc) is 2.83. The van der Waals surface area contributed by atoms with Crippen LogP contribution in [0.3, 0.4) is 0 Å². The molecule has 22 heavy (non-hydrogen) atoms. The molecule has 3 nitrogen and oxygen atoms in total. The molecule has 0 fully saturated rings. The summed E-state index contributed by atoms with van der Waals surface area (Å²) in [4.78, 5) is 4.44. The molecule has 0 aliphatic carbocycles. The van der Waals surface area contributed by atoms with Gasteiger partial charge in [0.2, 0.25) is 0 Å². The fourth-order valence-corrected chi connectivity index (χ4v) is 2.63. The van der Waals surface area contributed by atoms with Crippen LogP contribution < -0.4 is 5.73 Å². The van der Waals surface area contributed by atoms with Crippen LogP contribution >= 0.6 is 11.6 Å². The lowest BCUT2D eigenvalue weighted by atomic mass is 10.2. The summed E-state index contributed by atoms with van der Waals surface area (Å²) in [5, 5.41) is 0.576. The highest BCUT2D eigenvalue weighted by Gasteiger charge is 2.15. The van der Waals surface area contributed by atoms with Gasteiger partial charge < -0.3 is 10.3 Å². The van der Waals surface area contributed by atoms with Crippen LogP contribution in [-0.2, 0) is 6.54 Å². The fourth-order valence-electron chi connectivity index (χ4n) is 2.44. The van der Waals surface area contributed by atoms with Gasteiger partial charge in [-0.25, -0.2) is 13.8 Å². The third kappa shape index (κ3) is 2.69. The van der Waals surface area contributed by atoms with Crippen molar-refractivity contribution < 1.29 is 8.78 Å². The van der Waals surface area contributed by atoms with Crippen LogP contribution in [0.25, 0.3) is 22.4 Å². The number of aromatic nitrogens is 2. The predicted molar refractivity (Wildman–Crippen MR) is 83.8 cm³/mol. The number of benzene rings is 2. The lowest BCUT2D eigenvalue weighted by Gasteiger charge is -2.09. The first-order chi connectivity index (χ1) is 10.6. The molecule has 0 aliphatic heterocycles. The molecular formula is C16H14ClF2N3. The van der Waals surface area contributed by atoms with Gasteiger partial charge in [0, 0.05) is 29.3 Å². The van der Waals surface area contributed by atoms with Gasteiger partial charge in [0.25, 0.3) is 0 Å². The number of aryl methyl sites for hydroxylation is 1. The Labute approximate surface area is 131 Å². The molecule has 3 rings (SSSR count). The molecule has 0 radical (unpaired) electrons. The summed E-state index contributed by atoms with van der Waals surface area (Å²) < 4.78 is 28.9. The minimum absolute atomic E-state index is 0.408. The van der Waals surface area contributed by atoms with Gasteiger partial charge in [0.1, 0.15) is 5.82 Å². The van der Waals surface area contributed by atoms with Crippen LogP contribution in [0.1, 0.15) is 6.42 Å². The first-order valence-electron chi connectivity index (χ1n) is 6.91. The molecule has 0 saturated heterocycles. The summed E-state index contributed by atoms with van der Waals surface area (Å²) >= 11 is 6.02. The average molecular weight is 322 g/mol. The van der Waals surface area contributed by atoms with Crippen LogP contribution in [-0.4, -0.2) is 16.1 Å². The van der Waals surface area contributed by atoms with Crippen molar-refractivity contribution in [3.8, 4) is 11.4 Å². The first-order valence-corrected chi connectivity index (χ1v) is 7.29. The second kappa shape index (κ2) is 6.02. The number of hydrogen-bond donors (Lipinski definition) is 1. The molecule has 0 spiro atoms. The standard InChI is InChI=1S/C16H14ClF2N3/c17-11-4-1-3-10(7-11)16-21-14-8-12(18)13(19)9-15(14)22(16)6-2-5-20/h1,3-4,7-9H,2,5-6,20H2. The number of halogens is 3. The van der Waals surface area contributed by atoms with Crippen LogP contribution in [0.4, 0.5) is 8.78 Å². The molecule has 0 atom stereocenters. The van der Waals surface area contributed by atoms with Crippen molar-refractivity contribution in [2.24, 2.45) is 5.73 Å². The highest BCUT2D eigenvalue weighted by Crippen LogP contribution is 2.28. The second-order valence-corrected chi connectivity index (χ2v) is 5.43. The van der Waals surface area contributed by atoms with E-state index in [1.54, 1.807) is 12.1 Å². The van der Waals surface area contributed by atoms with E-state index in [1.165, 1.54) is 6.07 Å². The van der Waals surface area contributed by atoms with Crippen molar-refractivity contribution in [2.75, 3.05) is 6.54 Å². The number of hydrogen-bond acceptors (Lipinski definition) is 2. The zero-order valence-corrected chi connectivity index (χ0v) is 12.4. The van der Waals surface area contributed by atoms with Gasteiger partial charge in [-0.3, -0.25) is 0 Å². The third-order valence-electron chi connectivity index (χ3n) is 3.46. The molecule has 3 aromatic rings. The van der Waals surface area contributed by atoms with Crippen molar-refractivity contribution in [1.82, 2.24) is 9.55 Å². The molecule has 0 aliphatic rings. The largest absolute Gasteiger partial charge is 0.330 e. The van der Waals surface area contributed by atoms with Gasteiger partial charge in [-0.15, -0.1) is 0 Å². The Morgan fingerprint density at radius 2 is 1.91 bits per heavy atom. The SMILES string of the molecule is NCCCn1c(-c2cccc(Cl)c2)nc2cc(F)c(F)cc21. The fraction of sp³-hybridized carbons (Fsp3) is 0.188. The summed E-state index contributed by atoms with van der Waals surface area (Å²) in [6.07, 6.45) is 0.706. The molecular weight excluding hydrogens is 308 g/mol. The number of nitrogens with two attached hydrogens (primary N) is 1. The maximum atomic E-state index is 13.6. The monoisotopic (exact) mass is 321 g/mol. The van der Waals surface area contributed by atoms with Crippen molar-refractivity contribution in [2.45, 2.75) is 13.0 Å². The van der Waals surface area contributed by atoms with Crippen LogP contribution in [0.15, 0.2) is 36.4 Å². The normalized spacial score (nSPS) is 11.3.